The van der Waals surface area contributed by atoms with Gasteiger partial charge in [-0.2, -0.15) is 8.78 Å². The monoisotopic (exact) mass is 148 g/mol. The van der Waals surface area contributed by atoms with E-state index in [1.165, 1.54) is 6.20 Å². The van der Waals surface area contributed by atoms with E-state index < -0.39 is 12.3 Å². The number of hydrogen-bond acceptors (Lipinski definition) is 3. The summed E-state index contributed by atoms with van der Waals surface area (Å²) >= 11 is 0. The molecule has 0 saturated carbocycles. The second-order valence-electron chi connectivity index (χ2n) is 1.67. The van der Waals surface area contributed by atoms with Crippen molar-refractivity contribution in [2.24, 2.45) is 5.73 Å². The van der Waals surface area contributed by atoms with E-state index in [9.17, 15) is 8.78 Å². The maximum absolute atomic E-state index is 11.7. The van der Waals surface area contributed by atoms with Crippen molar-refractivity contribution < 1.29 is 13.2 Å². The van der Waals surface area contributed by atoms with Crippen molar-refractivity contribution in [3.05, 3.63) is 17.8 Å². The summed E-state index contributed by atoms with van der Waals surface area (Å²) in [5.41, 5.74) is 5.08. The molecule has 0 spiro atoms. The number of halogens is 2. The van der Waals surface area contributed by atoms with E-state index >= 15 is 0 Å². The minimum absolute atomic E-state index is 0.0969. The molecule has 2 N–H and O–H groups in total. The maximum atomic E-state index is 11.7. The molecule has 0 fully saturated rings. The summed E-state index contributed by atoms with van der Waals surface area (Å²) in [6.07, 6.45) is -1.46. The van der Waals surface area contributed by atoms with Gasteiger partial charge in [-0.1, -0.05) is 0 Å². The second-order valence-corrected chi connectivity index (χ2v) is 1.67. The van der Waals surface area contributed by atoms with Crippen LogP contribution < -0.4 is 5.73 Å². The predicted octanol–water partition coefficient (Wildman–Crippen LogP) is 1.07. The molecule has 10 heavy (non-hydrogen) atoms. The van der Waals surface area contributed by atoms with E-state index in [-0.39, 0.29) is 12.3 Å². The van der Waals surface area contributed by atoms with Gasteiger partial charge in [0, 0.05) is 0 Å². The fraction of sp³-hybridized carbons (Fsp3) is 0.400. The zero-order chi connectivity index (χ0) is 7.56. The lowest BCUT2D eigenvalue weighted by molar-refractivity contribution is 0.113. The van der Waals surface area contributed by atoms with Gasteiger partial charge in [0.25, 0.3) is 5.89 Å². The molecule has 1 aromatic rings. The Balaban J connectivity index is 2.78. The number of nitrogens with two attached hydrogens (primary N) is 1. The van der Waals surface area contributed by atoms with Crippen LogP contribution in [0.2, 0.25) is 0 Å². The third-order valence-electron chi connectivity index (χ3n) is 0.959. The summed E-state index contributed by atoms with van der Waals surface area (Å²) in [5, 5.41) is 0. The summed E-state index contributed by atoms with van der Waals surface area (Å²) in [7, 11) is 0. The highest BCUT2D eigenvalue weighted by atomic mass is 19.3. The van der Waals surface area contributed by atoms with Gasteiger partial charge >= 0.3 is 6.43 Å². The van der Waals surface area contributed by atoms with Crippen LogP contribution in [0.1, 0.15) is 18.1 Å². The number of hydrogen-bond donors (Lipinski definition) is 1. The molecule has 0 radical (unpaired) electrons. The maximum Gasteiger partial charge on any atom is 0.313 e. The van der Waals surface area contributed by atoms with Crippen LogP contribution in [0.15, 0.2) is 10.6 Å². The van der Waals surface area contributed by atoms with Crippen molar-refractivity contribution in [1.29, 1.82) is 0 Å². The summed E-state index contributed by atoms with van der Waals surface area (Å²) in [6.45, 7) is 0.0969. The first-order valence-corrected chi connectivity index (χ1v) is 2.67. The Kier molecular flexibility index (Phi) is 1.96. The highest BCUT2D eigenvalue weighted by molar-refractivity contribution is 4.93. The Hall–Kier alpha value is -0.970. The van der Waals surface area contributed by atoms with Crippen LogP contribution in [0.3, 0.4) is 0 Å². The van der Waals surface area contributed by atoms with Gasteiger partial charge in [-0.25, -0.2) is 4.98 Å². The Morgan fingerprint density at radius 3 is 2.70 bits per heavy atom. The Morgan fingerprint density at radius 1 is 1.70 bits per heavy atom. The first-order valence-electron chi connectivity index (χ1n) is 2.67. The fourth-order valence-electron chi connectivity index (χ4n) is 0.518. The lowest BCUT2D eigenvalue weighted by Gasteiger charge is -1.88. The van der Waals surface area contributed by atoms with Crippen molar-refractivity contribution in [1.82, 2.24) is 4.98 Å². The third-order valence-corrected chi connectivity index (χ3v) is 0.959. The molecular formula is C5H6F2N2O. The van der Waals surface area contributed by atoms with Gasteiger partial charge in [0.2, 0.25) is 0 Å². The van der Waals surface area contributed by atoms with Gasteiger partial charge in [-0.05, 0) is 0 Å². The molecule has 1 rings (SSSR count). The Labute approximate surface area is 55.8 Å². The third kappa shape index (κ3) is 1.30. The van der Waals surface area contributed by atoms with E-state index in [1.54, 1.807) is 0 Å². The molecule has 0 aromatic carbocycles. The van der Waals surface area contributed by atoms with Crippen molar-refractivity contribution in [3.63, 3.8) is 0 Å². The van der Waals surface area contributed by atoms with Crippen LogP contribution in [0.5, 0.6) is 0 Å². The molecule has 0 saturated heterocycles. The number of aromatic nitrogens is 1. The molecule has 0 aliphatic carbocycles. The largest absolute Gasteiger partial charge is 0.439 e. The standard InChI is InChI=1S/C5H6F2N2O/c6-4(7)5-9-2-3(1-8)10-5/h2,4H,1,8H2. The minimum atomic E-state index is -2.65. The van der Waals surface area contributed by atoms with Crippen molar-refractivity contribution in [3.8, 4) is 0 Å². The van der Waals surface area contributed by atoms with Crippen LogP contribution >= 0.6 is 0 Å². The quantitative estimate of drug-likeness (QED) is 0.682. The Morgan fingerprint density at radius 2 is 2.40 bits per heavy atom. The molecule has 0 amide bonds. The average molecular weight is 148 g/mol. The molecule has 5 heteroatoms. The van der Waals surface area contributed by atoms with Crippen LogP contribution in [-0.4, -0.2) is 4.98 Å². The van der Waals surface area contributed by atoms with Crippen molar-refractivity contribution in [2.75, 3.05) is 0 Å². The SMILES string of the molecule is NCc1cnc(C(F)F)o1. The zero-order valence-electron chi connectivity index (χ0n) is 5.05. The van der Waals surface area contributed by atoms with Crippen molar-refractivity contribution in [2.45, 2.75) is 13.0 Å². The Bertz CT molecular complexity index is 211. The topological polar surface area (TPSA) is 52.0 Å². The van der Waals surface area contributed by atoms with E-state index in [4.69, 9.17) is 5.73 Å². The number of oxazole rings is 1. The molecule has 0 aliphatic heterocycles. The summed E-state index contributed by atoms with van der Waals surface area (Å²) in [4.78, 5) is 3.29. The molecule has 3 nitrogen and oxygen atoms in total. The van der Waals surface area contributed by atoms with Gasteiger partial charge in [0.15, 0.2) is 0 Å². The van der Waals surface area contributed by atoms with Gasteiger partial charge in [-0.3, -0.25) is 0 Å². The number of nitrogens with zero attached hydrogens (tertiary/aromatic N) is 1. The average Bonchev–Trinajstić information content (AvgIpc) is 2.34. The van der Waals surface area contributed by atoms with Gasteiger partial charge in [0.05, 0.1) is 12.7 Å². The first-order chi connectivity index (χ1) is 4.74. The number of rotatable bonds is 2. The van der Waals surface area contributed by atoms with E-state index in [0.717, 1.165) is 0 Å². The lowest BCUT2D eigenvalue weighted by Crippen LogP contribution is -1.92. The highest BCUT2D eigenvalue weighted by Crippen LogP contribution is 2.17. The molecule has 0 bridgehead atoms. The molecule has 0 atom stereocenters. The molecule has 0 aliphatic rings. The molecular weight excluding hydrogens is 142 g/mol. The predicted molar refractivity (Wildman–Crippen MR) is 29.4 cm³/mol. The van der Waals surface area contributed by atoms with E-state index in [0.29, 0.717) is 0 Å². The van der Waals surface area contributed by atoms with Gasteiger partial charge in [0.1, 0.15) is 5.76 Å². The molecule has 1 aromatic heterocycles. The van der Waals surface area contributed by atoms with Crippen LogP contribution in [-0.2, 0) is 6.54 Å². The first kappa shape index (κ1) is 7.14. The van der Waals surface area contributed by atoms with E-state index in [2.05, 4.69) is 9.40 Å². The molecule has 56 valence electrons. The summed E-state index contributed by atoms with van der Waals surface area (Å²) < 4.78 is 27.9. The van der Waals surface area contributed by atoms with E-state index in [1.807, 2.05) is 0 Å². The van der Waals surface area contributed by atoms with Crippen LogP contribution in [0.4, 0.5) is 8.78 Å². The number of alkyl halides is 2. The molecule has 1 heterocycles. The summed E-state index contributed by atoms with van der Waals surface area (Å²) in [5.74, 6) is -0.296. The highest BCUT2D eigenvalue weighted by Gasteiger charge is 2.12. The molecule has 0 unspecified atom stereocenters. The lowest BCUT2D eigenvalue weighted by atomic mass is 10.5. The zero-order valence-corrected chi connectivity index (χ0v) is 5.05. The second kappa shape index (κ2) is 2.74. The minimum Gasteiger partial charge on any atom is -0.439 e. The normalized spacial score (nSPS) is 10.8. The van der Waals surface area contributed by atoms with Crippen molar-refractivity contribution >= 4 is 0 Å². The fourth-order valence-corrected chi connectivity index (χ4v) is 0.518. The van der Waals surface area contributed by atoms with Gasteiger partial charge in [-0.15, -0.1) is 0 Å². The smallest absolute Gasteiger partial charge is 0.313 e. The van der Waals surface area contributed by atoms with Crippen LogP contribution in [0.25, 0.3) is 0 Å². The summed E-state index contributed by atoms with van der Waals surface area (Å²) in [6, 6.07) is 0. The van der Waals surface area contributed by atoms with Crippen LogP contribution in [0, 0.1) is 0 Å². The van der Waals surface area contributed by atoms with Gasteiger partial charge < -0.3 is 10.2 Å².